The van der Waals surface area contributed by atoms with Crippen molar-refractivity contribution in [3.8, 4) is 0 Å². The maximum Gasteiger partial charge on any atom is 0.305 e. The van der Waals surface area contributed by atoms with E-state index in [9.17, 15) is 9.59 Å². The van der Waals surface area contributed by atoms with Crippen molar-refractivity contribution in [1.82, 2.24) is 0 Å². The average molecular weight is 319 g/mol. The first-order valence-electron chi connectivity index (χ1n) is 8.70. The van der Waals surface area contributed by atoms with Crippen LogP contribution in [0.15, 0.2) is 24.3 Å². The van der Waals surface area contributed by atoms with E-state index < -0.39 is 0 Å². The molecule has 0 aromatic heterocycles. The topological polar surface area (TPSA) is 55.4 Å². The van der Waals surface area contributed by atoms with E-state index in [1.54, 1.807) is 0 Å². The molecular formula is C19H29NO3. The first-order valence-corrected chi connectivity index (χ1v) is 8.70. The minimum atomic E-state index is -0.207. The zero-order valence-electron chi connectivity index (χ0n) is 14.4. The van der Waals surface area contributed by atoms with Crippen LogP contribution in [-0.2, 0) is 20.7 Å². The number of esters is 1. The number of nitrogens with one attached hydrogen (secondary N) is 1. The summed E-state index contributed by atoms with van der Waals surface area (Å²) in [6.07, 6.45) is 6.51. The van der Waals surface area contributed by atoms with E-state index in [1.807, 2.05) is 24.3 Å². The molecule has 1 aromatic carbocycles. The Kier molecular flexibility index (Phi) is 9.76. The van der Waals surface area contributed by atoms with Crippen molar-refractivity contribution in [2.45, 2.75) is 65.2 Å². The van der Waals surface area contributed by atoms with E-state index in [2.05, 4.69) is 19.2 Å². The lowest BCUT2D eigenvalue weighted by atomic mass is 10.1. The maximum atomic E-state index is 11.8. The van der Waals surface area contributed by atoms with Crippen LogP contribution >= 0.6 is 0 Å². The molecule has 1 rings (SSSR count). The van der Waals surface area contributed by atoms with Crippen molar-refractivity contribution in [3.05, 3.63) is 29.8 Å². The number of unbranched alkanes of at least 4 members (excludes halogenated alkanes) is 3. The molecule has 0 saturated heterocycles. The first kappa shape index (κ1) is 19.2. The number of carbonyl (C=O) groups is 2. The van der Waals surface area contributed by atoms with Gasteiger partial charge >= 0.3 is 5.97 Å². The predicted molar refractivity (Wildman–Crippen MR) is 93.4 cm³/mol. The summed E-state index contributed by atoms with van der Waals surface area (Å²) in [5, 5.41) is 2.84. The fourth-order valence-electron chi connectivity index (χ4n) is 2.23. The van der Waals surface area contributed by atoms with Crippen molar-refractivity contribution < 1.29 is 14.3 Å². The van der Waals surface area contributed by atoms with Gasteiger partial charge in [-0.15, -0.1) is 0 Å². The van der Waals surface area contributed by atoms with E-state index in [1.165, 1.54) is 18.4 Å². The standard InChI is InChI=1S/C19H29NO3/c1-3-5-6-7-15-23-19(22)10-8-9-18(21)20-17-13-11-16(4-2)12-14-17/h11-14H,3-10,15H2,1-2H3,(H,20,21). The Morgan fingerprint density at radius 1 is 0.957 bits per heavy atom. The van der Waals surface area contributed by atoms with E-state index >= 15 is 0 Å². The van der Waals surface area contributed by atoms with Crippen LogP contribution < -0.4 is 5.32 Å². The minimum Gasteiger partial charge on any atom is -0.466 e. The lowest BCUT2D eigenvalue weighted by Gasteiger charge is -2.06. The maximum absolute atomic E-state index is 11.8. The molecule has 0 saturated carbocycles. The van der Waals surface area contributed by atoms with Crippen LogP contribution in [0.5, 0.6) is 0 Å². The molecule has 1 aromatic rings. The van der Waals surface area contributed by atoms with Crippen LogP contribution in [0.4, 0.5) is 5.69 Å². The Morgan fingerprint density at radius 3 is 2.35 bits per heavy atom. The molecule has 1 amide bonds. The number of benzene rings is 1. The third-order valence-electron chi connectivity index (χ3n) is 3.69. The molecule has 0 fully saturated rings. The Bertz CT molecular complexity index is 468. The number of anilines is 1. The van der Waals surface area contributed by atoms with Crippen LogP contribution in [0.2, 0.25) is 0 Å². The molecule has 0 unspecified atom stereocenters. The molecule has 0 spiro atoms. The normalized spacial score (nSPS) is 10.3. The van der Waals surface area contributed by atoms with Gasteiger partial charge in [0.25, 0.3) is 0 Å². The highest BCUT2D eigenvalue weighted by molar-refractivity contribution is 5.90. The van der Waals surface area contributed by atoms with Gasteiger partial charge in [0, 0.05) is 18.5 Å². The second-order valence-electron chi connectivity index (χ2n) is 5.73. The molecular weight excluding hydrogens is 290 g/mol. The van der Waals surface area contributed by atoms with Crippen LogP contribution in [-0.4, -0.2) is 18.5 Å². The lowest BCUT2D eigenvalue weighted by molar-refractivity contribution is -0.143. The van der Waals surface area contributed by atoms with Gasteiger partial charge < -0.3 is 10.1 Å². The molecule has 0 aliphatic carbocycles. The molecule has 23 heavy (non-hydrogen) atoms. The van der Waals surface area contributed by atoms with Crippen LogP contribution in [0.25, 0.3) is 0 Å². The monoisotopic (exact) mass is 319 g/mol. The highest BCUT2D eigenvalue weighted by Gasteiger charge is 2.06. The average Bonchev–Trinajstić information content (AvgIpc) is 2.55. The summed E-state index contributed by atoms with van der Waals surface area (Å²) in [5.41, 5.74) is 2.04. The van der Waals surface area contributed by atoms with Gasteiger partial charge in [0.2, 0.25) is 5.91 Å². The Hall–Kier alpha value is -1.84. The molecule has 0 aliphatic rings. The number of amides is 1. The van der Waals surface area contributed by atoms with Gasteiger partial charge in [-0.25, -0.2) is 0 Å². The van der Waals surface area contributed by atoms with Crippen LogP contribution in [0, 0.1) is 0 Å². The summed E-state index contributed by atoms with van der Waals surface area (Å²) in [6.45, 7) is 4.74. The number of hydrogen-bond acceptors (Lipinski definition) is 3. The molecule has 0 atom stereocenters. The molecule has 0 bridgehead atoms. The Morgan fingerprint density at radius 2 is 1.70 bits per heavy atom. The quantitative estimate of drug-likeness (QED) is 0.483. The second kappa shape index (κ2) is 11.7. The van der Waals surface area contributed by atoms with Crippen molar-refractivity contribution in [3.63, 3.8) is 0 Å². The highest BCUT2D eigenvalue weighted by atomic mass is 16.5. The lowest BCUT2D eigenvalue weighted by Crippen LogP contribution is -2.12. The largest absolute Gasteiger partial charge is 0.466 e. The number of hydrogen-bond donors (Lipinski definition) is 1. The van der Waals surface area contributed by atoms with Crippen molar-refractivity contribution >= 4 is 17.6 Å². The molecule has 128 valence electrons. The summed E-state index contributed by atoms with van der Waals surface area (Å²) < 4.78 is 5.14. The Labute approximate surface area is 139 Å². The number of ether oxygens (including phenoxy) is 1. The van der Waals surface area contributed by atoms with E-state index in [0.717, 1.165) is 24.9 Å². The predicted octanol–water partition coefficient (Wildman–Crippen LogP) is 4.48. The summed E-state index contributed by atoms with van der Waals surface area (Å²) in [6, 6.07) is 7.82. The van der Waals surface area contributed by atoms with Crippen molar-refractivity contribution in [1.29, 1.82) is 0 Å². The SMILES string of the molecule is CCCCCCOC(=O)CCCC(=O)Nc1ccc(CC)cc1. The van der Waals surface area contributed by atoms with Gasteiger partial charge in [-0.05, 0) is 37.0 Å². The fourth-order valence-corrected chi connectivity index (χ4v) is 2.23. The highest BCUT2D eigenvalue weighted by Crippen LogP contribution is 2.11. The number of carbonyl (C=O) groups excluding carboxylic acids is 2. The molecule has 0 aliphatic heterocycles. The van der Waals surface area contributed by atoms with E-state index in [4.69, 9.17) is 4.74 Å². The number of aryl methyl sites for hydroxylation is 1. The van der Waals surface area contributed by atoms with Gasteiger partial charge in [0.15, 0.2) is 0 Å². The van der Waals surface area contributed by atoms with Crippen molar-refractivity contribution in [2.24, 2.45) is 0 Å². The summed E-state index contributed by atoms with van der Waals surface area (Å²) in [5.74, 6) is -0.272. The van der Waals surface area contributed by atoms with Gasteiger partial charge in [-0.2, -0.15) is 0 Å². The van der Waals surface area contributed by atoms with Crippen LogP contribution in [0.1, 0.15) is 64.4 Å². The van der Waals surface area contributed by atoms with E-state index in [-0.39, 0.29) is 11.9 Å². The van der Waals surface area contributed by atoms with Gasteiger partial charge in [0.1, 0.15) is 0 Å². The fraction of sp³-hybridized carbons (Fsp3) is 0.579. The van der Waals surface area contributed by atoms with Gasteiger partial charge in [-0.1, -0.05) is 45.2 Å². The summed E-state index contributed by atoms with van der Waals surface area (Å²) in [4.78, 5) is 23.3. The molecule has 0 heterocycles. The van der Waals surface area contributed by atoms with Crippen molar-refractivity contribution in [2.75, 3.05) is 11.9 Å². The molecule has 4 nitrogen and oxygen atoms in total. The Balaban J connectivity index is 2.12. The summed E-state index contributed by atoms with van der Waals surface area (Å²) >= 11 is 0. The van der Waals surface area contributed by atoms with Gasteiger partial charge in [0.05, 0.1) is 6.61 Å². The van der Waals surface area contributed by atoms with Crippen LogP contribution in [0.3, 0.4) is 0 Å². The third kappa shape index (κ3) is 9.01. The third-order valence-corrected chi connectivity index (χ3v) is 3.69. The summed E-state index contributed by atoms with van der Waals surface area (Å²) in [7, 11) is 0. The zero-order chi connectivity index (χ0) is 16.9. The molecule has 4 heteroatoms. The van der Waals surface area contributed by atoms with E-state index in [0.29, 0.717) is 25.9 Å². The minimum absolute atomic E-state index is 0.0648. The first-order chi connectivity index (χ1) is 11.2. The zero-order valence-corrected chi connectivity index (χ0v) is 14.4. The molecule has 1 N–H and O–H groups in total. The number of rotatable bonds is 11. The molecule has 0 radical (unpaired) electrons. The smallest absolute Gasteiger partial charge is 0.305 e. The second-order valence-corrected chi connectivity index (χ2v) is 5.73. The van der Waals surface area contributed by atoms with Gasteiger partial charge in [-0.3, -0.25) is 9.59 Å².